The van der Waals surface area contributed by atoms with E-state index in [0.29, 0.717) is 5.69 Å². The highest BCUT2D eigenvalue weighted by Crippen LogP contribution is 2.47. The van der Waals surface area contributed by atoms with Crippen LogP contribution in [0.25, 0.3) is 21.9 Å². The lowest BCUT2D eigenvalue weighted by molar-refractivity contribution is 0.661. The van der Waals surface area contributed by atoms with Gasteiger partial charge in [-0.25, -0.2) is 0 Å². The molecule has 26 heavy (non-hydrogen) atoms. The molecule has 0 saturated heterocycles. The fourth-order valence-corrected chi connectivity index (χ4v) is 4.03. The zero-order valence-corrected chi connectivity index (χ0v) is 15.1. The maximum atomic E-state index is 8.08. The molecule has 0 radical (unpaired) electrons. The number of para-hydroxylation sites is 2. The summed E-state index contributed by atoms with van der Waals surface area (Å²) in [6.45, 7) is 3.78. The van der Waals surface area contributed by atoms with E-state index >= 15 is 0 Å². The number of aryl methyl sites for hydroxylation is 2. The second-order valence-electron chi connectivity index (χ2n) is 7.07. The minimum atomic E-state index is -2.24. The van der Waals surface area contributed by atoms with Crippen molar-refractivity contribution >= 4 is 39.0 Å². The second kappa shape index (κ2) is 5.28. The minimum Gasteiger partial charge on any atom is -0.454 e. The van der Waals surface area contributed by atoms with Crippen molar-refractivity contribution in [3.63, 3.8) is 0 Å². The highest BCUT2D eigenvalue weighted by atomic mass is 16.3. The molecule has 0 N–H and O–H groups in total. The molecule has 1 aromatic heterocycles. The van der Waals surface area contributed by atoms with Gasteiger partial charge in [0.05, 0.1) is 17.1 Å². The first-order valence-corrected chi connectivity index (χ1v) is 8.87. The molecule has 3 heteroatoms. The predicted molar refractivity (Wildman–Crippen MR) is 110 cm³/mol. The molecule has 0 spiro atoms. The van der Waals surface area contributed by atoms with Crippen LogP contribution in [0, 0.1) is 13.8 Å². The summed E-state index contributed by atoms with van der Waals surface area (Å²) in [5, 5.41) is 2.11. The molecule has 1 aliphatic heterocycles. The summed E-state index contributed by atoms with van der Waals surface area (Å²) < 4.78 is 30.6. The van der Waals surface area contributed by atoms with Crippen molar-refractivity contribution in [2.24, 2.45) is 0 Å². The van der Waals surface area contributed by atoms with Crippen LogP contribution in [0.15, 0.2) is 59.0 Å². The van der Waals surface area contributed by atoms with Crippen LogP contribution in [0.2, 0.25) is 0 Å². The highest BCUT2D eigenvalue weighted by Gasteiger charge is 2.33. The molecule has 0 bridgehead atoms. The summed E-state index contributed by atoms with van der Waals surface area (Å²) in [6, 6.07) is 18.1. The number of hydrogen-bond donors (Lipinski definition) is 0. The van der Waals surface area contributed by atoms with E-state index in [1.165, 1.54) is 4.90 Å². The Morgan fingerprint density at radius 3 is 2.54 bits per heavy atom. The lowest BCUT2D eigenvalue weighted by Crippen LogP contribution is -2.36. The Kier molecular flexibility index (Phi) is 2.52. The van der Waals surface area contributed by atoms with Crippen molar-refractivity contribution in [3.8, 4) is 0 Å². The molecule has 130 valence electrons. The zero-order valence-electron chi connectivity index (χ0n) is 18.1. The smallest absolute Gasteiger partial charge is 0.159 e. The molecule has 0 aliphatic carbocycles. The average Bonchev–Trinajstić information content (AvgIpc) is 3.15. The van der Waals surface area contributed by atoms with E-state index in [2.05, 4.69) is 29.2 Å². The van der Waals surface area contributed by atoms with E-state index in [9.17, 15) is 0 Å². The van der Waals surface area contributed by atoms with Crippen LogP contribution < -0.4 is 9.80 Å². The molecule has 1 unspecified atom stereocenters. The molecule has 1 atom stereocenters. The quantitative estimate of drug-likeness (QED) is 0.413. The Morgan fingerprint density at radius 2 is 1.73 bits per heavy atom. The lowest BCUT2D eigenvalue weighted by Gasteiger charge is -2.29. The summed E-state index contributed by atoms with van der Waals surface area (Å²) >= 11 is 0. The fraction of sp³-hybridized carbons (Fsp3) is 0.217. The standard InChI is InChI=1S/C23H22N2O/c1-14-9-11-17-18-12-10-15(2)22(23(18)26-21(17)13-14)25-16(3)24(4)19-7-5-6-8-20(19)25/h5-13,16H,1-4H3/i4D3. The first-order valence-electron chi connectivity index (χ1n) is 10.4. The molecule has 3 nitrogen and oxygen atoms in total. The van der Waals surface area contributed by atoms with Gasteiger partial charge in [-0.3, -0.25) is 0 Å². The van der Waals surface area contributed by atoms with E-state index in [-0.39, 0.29) is 6.17 Å². The van der Waals surface area contributed by atoms with Crippen molar-refractivity contribution < 1.29 is 8.53 Å². The molecular weight excluding hydrogens is 320 g/mol. The number of anilines is 3. The van der Waals surface area contributed by atoms with Crippen molar-refractivity contribution in [1.29, 1.82) is 0 Å². The first-order chi connectivity index (χ1) is 13.8. The van der Waals surface area contributed by atoms with Crippen LogP contribution in [0.5, 0.6) is 0 Å². The molecule has 2 heterocycles. The molecule has 5 rings (SSSR count). The van der Waals surface area contributed by atoms with Gasteiger partial charge in [0.25, 0.3) is 0 Å². The van der Waals surface area contributed by atoms with Gasteiger partial charge >= 0.3 is 0 Å². The largest absolute Gasteiger partial charge is 0.454 e. The first kappa shape index (κ1) is 12.4. The van der Waals surface area contributed by atoms with E-state index < -0.39 is 6.98 Å². The van der Waals surface area contributed by atoms with Crippen LogP contribution in [0.4, 0.5) is 17.1 Å². The third-order valence-corrected chi connectivity index (χ3v) is 5.36. The maximum absolute atomic E-state index is 8.08. The zero-order chi connectivity index (χ0) is 20.5. The van der Waals surface area contributed by atoms with E-state index in [4.69, 9.17) is 8.53 Å². The van der Waals surface area contributed by atoms with Gasteiger partial charge in [0.15, 0.2) is 5.58 Å². The van der Waals surface area contributed by atoms with Gasteiger partial charge in [0.2, 0.25) is 0 Å². The van der Waals surface area contributed by atoms with Crippen molar-refractivity contribution in [3.05, 3.63) is 65.7 Å². The Hall–Kier alpha value is -2.94. The monoisotopic (exact) mass is 345 g/mol. The van der Waals surface area contributed by atoms with Crippen LogP contribution in [0.1, 0.15) is 22.2 Å². The van der Waals surface area contributed by atoms with Crippen LogP contribution >= 0.6 is 0 Å². The van der Waals surface area contributed by atoms with E-state index in [0.717, 1.165) is 44.4 Å². The Bertz CT molecular complexity index is 1260. The molecule has 0 saturated carbocycles. The van der Waals surface area contributed by atoms with Gasteiger partial charge in [-0.1, -0.05) is 36.4 Å². The van der Waals surface area contributed by atoms with Crippen molar-refractivity contribution in [1.82, 2.24) is 0 Å². The van der Waals surface area contributed by atoms with Crippen LogP contribution in [-0.4, -0.2) is 13.1 Å². The number of furan rings is 1. The summed E-state index contributed by atoms with van der Waals surface area (Å²) in [7, 11) is 0. The van der Waals surface area contributed by atoms with E-state index in [1.807, 2.05) is 51.1 Å². The van der Waals surface area contributed by atoms with E-state index in [1.54, 1.807) is 0 Å². The number of rotatable bonds is 1. The van der Waals surface area contributed by atoms with Gasteiger partial charge in [0, 0.05) is 21.9 Å². The van der Waals surface area contributed by atoms with Gasteiger partial charge in [-0.2, -0.15) is 0 Å². The number of benzene rings is 3. The highest BCUT2D eigenvalue weighted by molar-refractivity contribution is 6.10. The second-order valence-corrected chi connectivity index (χ2v) is 7.07. The summed E-state index contributed by atoms with van der Waals surface area (Å²) in [5.41, 5.74) is 6.33. The Balaban J connectivity index is 1.81. The van der Waals surface area contributed by atoms with Crippen LogP contribution in [-0.2, 0) is 0 Å². The van der Waals surface area contributed by atoms with Gasteiger partial charge in [-0.05, 0) is 50.1 Å². The van der Waals surface area contributed by atoms with Crippen LogP contribution in [0.3, 0.4) is 0 Å². The number of fused-ring (bicyclic) bond motifs is 4. The number of hydrogen-bond acceptors (Lipinski definition) is 3. The summed E-state index contributed by atoms with van der Waals surface area (Å²) in [4.78, 5) is 3.60. The summed E-state index contributed by atoms with van der Waals surface area (Å²) in [6.07, 6.45) is -0.376. The normalized spacial score (nSPS) is 18.9. The molecule has 4 aromatic rings. The van der Waals surface area contributed by atoms with Gasteiger partial charge in [-0.15, -0.1) is 0 Å². The average molecular weight is 345 g/mol. The summed E-state index contributed by atoms with van der Waals surface area (Å²) in [5.74, 6) is 0. The third kappa shape index (κ3) is 1.94. The topological polar surface area (TPSA) is 19.6 Å². The lowest BCUT2D eigenvalue weighted by atomic mass is 10.1. The Morgan fingerprint density at radius 1 is 0.962 bits per heavy atom. The third-order valence-electron chi connectivity index (χ3n) is 5.36. The predicted octanol–water partition coefficient (Wildman–Crippen LogP) is 6.14. The molecule has 3 aromatic carbocycles. The number of nitrogens with zero attached hydrogens (tertiary/aromatic N) is 2. The SMILES string of the molecule is [2H]C([2H])([2H])N1c2ccccc2N(c2c(C)ccc3c2oc2cc(C)ccc23)C1C. The van der Waals surface area contributed by atoms with Crippen molar-refractivity contribution in [2.45, 2.75) is 26.9 Å². The Labute approximate surface area is 157 Å². The molecule has 0 fully saturated rings. The van der Waals surface area contributed by atoms with Crippen molar-refractivity contribution in [2.75, 3.05) is 16.8 Å². The molecule has 1 aliphatic rings. The molecule has 0 amide bonds. The van der Waals surface area contributed by atoms with Gasteiger partial charge < -0.3 is 14.2 Å². The van der Waals surface area contributed by atoms with Gasteiger partial charge in [0.1, 0.15) is 11.7 Å². The fourth-order valence-electron chi connectivity index (χ4n) is 4.03. The maximum Gasteiger partial charge on any atom is 0.159 e. The minimum absolute atomic E-state index is 0.376. The molecular formula is C23H22N2O.